The van der Waals surface area contributed by atoms with Gasteiger partial charge in [-0.2, -0.15) is 0 Å². The standard InChI is InChI=1S/C16H23NO.C2H6/c1-12(2)14-4-6-16(7-5-14)17-10-8-15(9-11-17)13(3)18;1-2/h4-7,12,15H,8-11H2,1-3H3;1-2H3. The number of nitrogens with zero attached hydrogens (tertiary/aromatic N) is 1. The summed E-state index contributed by atoms with van der Waals surface area (Å²) in [5.41, 5.74) is 2.68. The van der Waals surface area contributed by atoms with Crippen molar-refractivity contribution >= 4 is 11.5 Å². The van der Waals surface area contributed by atoms with Crippen LogP contribution in [-0.2, 0) is 4.79 Å². The molecule has 0 radical (unpaired) electrons. The third-order valence-corrected chi connectivity index (χ3v) is 3.99. The van der Waals surface area contributed by atoms with Crippen molar-refractivity contribution in [1.82, 2.24) is 0 Å². The van der Waals surface area contributed by atoms with Gasteiger partial charge in [0.2, 0.25) is 0 Å². The zero-order valence-corrected chi connectivity index (χ0v) is 13.6. The highest BCUT2D eigenvalue weighted by atomic mass is 16.1. The number of carbonyl (C=O) groups excluding carboxylic acids is 1. The van der Waals surface area contributed by atoms with E-state index in [1.807, 2.05) is 13.8 Å². The number of piperidine rings is 1. The maximum absolute atomic E-state index is 11.3. The Balaban J connectivity index is 0.000000956. The first-order chi connectivity index (χ1) is 9.58. The van der Waals surface area contributed by atoms with Gasteiger partial charge < -0.3 is 4.90 Å². The minimum atomic E-state index is 0.288. The van der Waals surface area contributed by atoms with Crippen LogP contribution in [0.15, 0.2) is 24.3 Å². The molecular weight excluding hydrogens is 246 g/mol. The lowest BCUT2D eigenvalue weighted by Crippen LogP contribution is -2.35. The summed E-state index contributed by atoms with van der Waals surface area (Å²) in [5, 5.41) is 0. The molecule has 2 nitrogen and oxygen atoms in total. The van der Waals surface area contributed by atoms with E-state index < -0.39 is 0 Å². The lowest BCUT2D eigenvalue weighted by atomic mass is 9.93. The molecule has 1 aliphatic rings. The van der Waals surface area contributed by atoms with Gasteiger partial charge in [-0.05, 0) is 43.4 Å². The molecule has 0 unspecified atom stereocenters. The van der Waals surface area contributed by atoms with Gasteiger partial charge in [0, 0.05) is 24.7 Å². The predicted molar refractivity (Wildman–Crippen MR) is 87.5 cm³/mol. The molecule has 20 heavy (non-hydrogen) atoms. The summed E-state index contributed by atoms with van der Waals surface area (Å²) in [5.74, 6) is 1.23. The molecule has 0 atom stereocenters. The number of hydrogen-bond acceptors (Lipinski definition) is 2. The van der Waals surface area contributed by atoms with Crippen molar-refractivity contribution in [3.05, 3.63) is 29.8 Å². The Morgan fingerprint density at radius 2 is 1.60 bits per heavy atom. The first-order valence-electron chi connectivity index (χ1n) is 7.93. The average Bonchev–Trinajstić information content (AvgIpc) is 2.49. The summed E-state index contributed by atoms with van der Waals surface area (Å²) in [6.07, 6.45) is 2.00. The van der Waals surface area contributed by atoms with Crippen molar-refractivity contribution in [3.8, 4) is 0 Å². The van der Waals surface area contributed by atoms with E-state index in [9.17, 15) is 4.79 Å². The van der Waals surface area contributed by atoms with Crippen molar-refractivity contribution in [1.29, 1.82) is 0 Å². The summed E-state index contributed by atoms with van der Waals surface area (Å²) in [6, 6.07) is 8.86. The molecule has 2 heteroatoms. The van der Waals surface area contributed by atoms with E-state index in [2.05, 4.69) is 43.0 Å². The summed E-state index contributed by atoms with van der Waals surface area (Å²) < 4.78 is 0. The zero-order valence-electron chi connectivity index (χ0n) is 13.6. The van der Waals surface area contributed by atoms with Crippen LogP contribution >= 0.6 is 0 Å². The molecule has 1 aromatic carbocycles. The van der Waals surface area contributed by atoms with Crippen LogP contribution in [-0.4, -0.2) is 18.9 Å². The van der Waals surface area contributed by atoms with Gasteiger partial charge >= 0.3 is 0 Å². The molecule has 1 heterocycles. The molecule has 0 spiro atoms. The number of ketones is 1. The Hall–Kier alpha value is -1.31. The fraction of sp³-hybridized carbons (Fsp3) is 0.611. The first-order valence-corrected chi connectivity index (χ1v) is 7.93. The second-order valence-electron chi connectivity index (χ2n) is 5.62. The van der Waals surface area contributed by atoms with Gasteiger partial charge in [0.15, 0.2) is 0 Å². The van der Waals surface area contributed by atoms with E-state index in [1.165, 1.54) is 11.3 Å². The number of benzene rings is 1. The Bertz CT molecular complexity index is 400. The molecule has 0 amide bonds. The van der Waals surface area contributed by atoms with Crippen LogP contribution in [0.3, 0.4) is 0 Å². The van der Waals surface area contributed by atoms with Crippen molar-refractivity contribution in [3.63, 3.8) is 0 Å². The SMILES string of the molecule is CC.CC(=O)C1CCN(c2ccc(C(C)C)cc2)CC1. The smallest absolute Gasteiger partial charge is 0.133 e. The summed E-state index contributed by atoms with van der Waals surface area (Å²) >= 11 is 0. The van der Waals surface area contributed by atoms with Crippen LogP contribution in [0.2, 0.25) is 0 Å². The van der Waals surface area contributed by atoms with Crippen molar-refractivity contribution in [2.75, 3.05) is 18.0 Å². The van der Waals surface area contributed by atoms with Crippen molar-refractivity contribution in [2.45, 2.75) is 53.4 Å². The third kappa shape index (κ3) is 4.36. The molecule has 0 bridgehead atoms. The van der Waals surface area contributed by atoms with Crippen LogP contribution in [0.1, 0.15) is 58.9 Å². The molecule has 0 aromatic heterocycles. The van der Waals surface area contributed by atoms with E-state index in [0.29, 0.717) is 11.7 Å². The van der Waals surface area contributed by atoms with Gasteiger partial charge in [-0.1, -0.05) is 39.8 Å². The molecule has 1 fully saturated rings. The van der Waals surface area contributed by atoms with E-state index in [-0.39, 0.29) is 5.92 Å². The molecule has 0 saturated carbocycles. The Labute approximate surface area is 124 Å². The second-order valence-corrected chi connectivity index (χ2v) is 5.62. The van der Waals surface area contributed by atoms with Crippen LogP contribution in [0.5, 0.6) is 0 Å². The van der Waals surface area contributed by atoms with Gasteiger partial charge in [-0.3, -0.25) is 4.79 Å². The molecular formula is C18H29NO. The highest BCUT2D eigenvalue weighted by Crippen LogP contribution is 2.25. The quantitative estimate of drug-likeness (QED) is 0.801. The zero-order chi connectivity index (χ0) is 15.1. The van der Waals surface area contributed by atoms with Gasteiger partial charge in [0.25, 0.3) is 0 Å². The monoisotopic (exact) mass is 275 g/mol. The molecule has 1 aromatic rings. The summed E-state index contributed by atoms with van der Waals surface area (Å²) in [6.45, 7) is 12.2. The number of hydrogen-bond donors (Lipinski definition) is 0. The minimum Gasteiger partial charge on any atom is -0.371 e. The first kappa shape index (κ1) is 16.7. The topological polar surface area (TPSA) is 20.3 Å². The maximum Gasteiger partial charge on any atom is 0.133 e. The number of Topliss-reactive ketones (excluding diaryl/α,β-unsaturated/α-hetero) is 1. The van der Waals surface area contributed by atoms with E-state index in [4.69, 9.17) is 0 Å². The Kier molecular flexibility index (Phi) is 6.77. The van der Waals surface area contributed by atoms with E-state index in [0.717, 1.165) is 25.9 Å². The second kappa shape index (κ2) is 8.08. The van der Waals surface area contributed by atoms with Crippen molar-refractivity contribution in [2.24, 2.45) is 5.92 Å². The average molecular weight is 275 g/mol. The molecule has 112 valence electrons. The highest BCUT2D eigenvalue weighted by molar-refractivity contribution is 5.78. The maximum atomic E-state index is 11.3. The molecule has 2 rings (SSSR count). The Morgan fingerprint density at radius 3 is 2.00 bits per heavy atom. The largest absolute Gasteiger partial charge is 0.371 e. The lowest BCUT2D eigenvalue weighted by Gasteiger charge is -2.32. The highest BCUT2D eigenvalue weighted by Gasteiger charge is 2.22. The third-order valence-electron chi connectivity index (χ3n) is 3.99. The molecule has 1 saturated heterocycles. The van der Waals surface area contributed by atoms with Crippen molar-refractivity contribution < 1.29 is 4.79 Å². The molecule has 0 aliphatic carbocycles. The van der Waals surface area contributed by atoms with E-state index in [1.54, 1.807) is 6.92 Å². The van der Waals surface area contributed by atoms with Gasteiger partial charge in [0.1, 0.15) is 5.78 Å². The van der Waals surface area contributed by atoms with E-state index >= 15 is 0 Å². The van der Waals surface area contributed by atoms with Gasteiger partial charge in [0.05, 0.1) is 0 Å². The summed E-state index contributed by atoms with van der Waals surface area (Å²) in [4.78, 5) is 13.7. The van der Waals surface area contributed by atoms with Crippen LogP contribution in [0.25, 0.3) is 0 Å². The molecule has 0 N–H and O–H groups in total. The molecule has 1 aliphatic heterocycles. The fourth-order valence-electron chi connectivity index (χ4n) is 2.61. The van der Waals surface area contributed by atoms with Gasteiger partial charge in [-0.25, -0.2) is 0 Å². The van der Waals surface area contributed by atoms with Gasteiger partial charge in [-0.15, -0.1) is 0 Å². The Morgan fingerprint density at radius 1 is 1.10 bits per heavy atom. The lowest BCUT2D eigenvalue weighted by molar-refractivity contribution is -0.121. The van der Waals surface area contributed by atoms with Crippen LogP contribution in [0.4, 0.5) is 5.69 Å². The number of anilines is 1. The predicted octanol–water partition coefficient (Wildman–Crippen LogP) is 4.64. The number of carbonyl (C=O) groups is 1. The van der Waals surface area contributed by atoms with Crippen LogP contribution < -0.4 is 4.90 Å². The normalized spacial score (nSPS) is 15.8. The summed E-state index contributed by atoms with van der Waals surface area (Å²) in [7, 11) is 0. The minimum absolute atomic E-state index is 0.288. The van der Waals surface area contributed by atoms with Crippen LogP contribution in [0, 0.1) is 5.92 Å². The number of rotatable bonds is 3. The fourth-order valence-corrected chi connectivity index (χ4v) is 2.61.